The number of aliphatic hydroxyl groups is 5. The number of hydrogen-bond donors (Lipinski definition) is 6. The fraction of sp³-hybridized carbons (Fsp3) is 0.500. The maximum absolute atomic E-state index is 9.48. The molecule has 0 saturated carbocycles. The van der Waals surface area contributed by atoms with E-state index < -0.39 is 31.0 Å². The molecule has 0 unspecified atom stereocenters. The third kappa shape index (κ3) is 4.85. The topological polar surface area (TPSA) is 151 Å². The van der Waals surface area contributed by atoms with E-state index >= 15 is 0 Å². The Morgan fingerprint density at radius 1 is 1.16 bits per heavy atom. The molecule has 0 aliphatic carbocycles. The molecule has 9 heteroatoms. The van der Waals surface area contributed by atoms with Gasteiger partial charge >= 0.3 is 0 Å². The zero-order valence-electron chi connectivity index (χ0n) is 9.90. The molecule has 1 heterocycles. The van der Waals surface area contributed by atoms with Gasteiger partial charge in [-0.15, -0.1) is 0 Å². The maximum atomic E-state index is 9.48. The van der Waals surface area contributed by atoms with Crippen molar-refractivity contribution in [1.82, 2.24) is 9.97 Å². The quantitative estimate of drug-likeness (QED) is 0.232. The molecule has 0 aromatic carbocycles. The van der Waals surface area contributed by atoms with Crippen molar-refractivity contribution in [2.24, 2.45) is 5.10 Å². The summed E-state index contributed by atoms with van der Waals surface area (Å²) in [5.41, 5.74) is 2.40. The Kier molecular flexibility index (Phi) is 6.25. The zero-order valence-corrected chi connectivity index (χ0v) is 9.90. The van der Waals surface area contributed by atoms with Crippen molar-refractivity contribution in [3.63, 3.8) is 0 Å². The van der Waals surface area contributed by atoms with Gasteiger partial charge in [0.1, 0.15) is 24.4 Å². The fourth-order valence-corrected chi connectivity index (χ4v) is 1.15. The first-order chi connectivity index (χ1) is 9.06. The monoisotopic (exact) mass is 272 g/mol. The second-order valence-electron chi connectivity index (χ2n) is 3.68. The van der Waals surface area contributed by atoms with Crippen molar-refractivity contribution in [2.75, 3.05) is 12.0 Å². The number of anilines is 1. The fourth-order valence-electron chi connectivity index (χ4n) is 1.15. The Morgan fingerprint density at radius 3 is 2.37 bits per heavy atom. The van der Waals surface area contributed by atoms with Gasteiger partial charge in [-0.2, -0.15) is 5.10 Å². The minimum atomic E-state index is -1.69. The van der Waals surface area contributed by atoms with E-state index in [1.54, 1.807) is 6.07 Å². The molecule has 0 fully saturated rings. The highest BCUT2D eigenvalue weighted by Gasteiger charge is 2.29. The molecule has 6 N–H and O–H groups in total. The smallest absolute Gasteiger partial charge is 0.243 e. The van der Waals surface area contributed by atoms with Crippen molar-refractivity contribution < 1.29 is 25.5 Å². The molecular formula is C10H16N4O5. The van der Waals surface area contributed by atoms with Crippen molar-refractivity contribution in [3.8, 4) is 0 Å². The third-order valence-corrected chi connectivity index (χ3v) is 2.24. The number of aromatic nitrogens is 2. The normalized spacial score (nSPS) is 17.9. The molecule has 0 radical (unpaired) electrons. The standard InChI is InChI=1S/C10H16N4O5/c15-5-7(17)9(19)8(18)6(16)4-13-14-10-11-2-1-3-12-10/h1-4,6-9,15-19H,5H2,(H,11,12,14)/b13-4+/t6-,7+,8+,9+/m0/s1. The first-order valence-electron chi connectivity index (χ1n) is 5.45. The van der Waals surface area contributed by atoms with Crippen LogP contribution in [0.1, 0.15) is 0 Å². The summed E-state index contributed by atoms with van der Waals surface area (Å²) in [5, 5.41) is 49.5. The first-order valence-corrected chi connectivity index (χ1v) is 5.45. The summed E-state index contributed by atoms with van der Waals surface area (Å²) in [5.74, 6) is 0.191. The van der Waals surface area contributed by atoms with Crippen LogP contribution in [0.25, 0.3) is 0 Å². The molecule has 0 amide bonds. The molecule has 0 spiro atoms. The average molecular weight is 272 g/mol. The molecule has 1 aromatic heterocycles. The van der Waals surface area contributed by atoms with Gasteiger partial charge in [0.2, 0.25) is 5.95 Å². The highest BCUT2D eigenvalue weighted by molar-refractivity contribution is 5.64. The van der Waals surface area contributed by atoms with Gasteiger partial charge in [0.05, 0.1) is 12.8 Å². The maximum Gasteiger partial charge on any atom is 0.243 e. The highest BCUT2D eigenvalue weighted by Crippen LogP contribution is 2.04. The Hall–Kier alpha value is -1.65. The van der Waals surface area contributed by atoms with Crippen molar-refractivity contribution in [1.29, 1.82) is 0 Å². The summed E-state index contributed by atoms with van der Waals surface area (Å²) in [6.07, 6.45) is -2.59. The van der Waals surface area contributed by atoms with Gasteiger partial charge in [0, 0.05) is 12.4 Å². The molecule has 4 atom stereocenters. The van der Waals surface area contributed by atoms with Gasteiger partial charge in [-0.3, -0.25) is 0 Å². The minimum Gasteiger partial charge on any atom is -0.394 e. The van der Waals surface area contributed by atoms with E-state index in [2.05, 4.69) is 20.5 Å². The van der Waals surface area contributed by atoms with Crippen LogP contribution in [0.2, 0.25) is 0 Å². The summed E-state index contributed by atoms with van der Waals surface area (Å²) < 4.78 is 0. The van der Waals surface area contributed by atoms with Crippen LogP contribution in [0.5, 0.6) is 0 Å². The first kappa shape index (κ1) is 15.4. The molecule has 19 heavy (non-hydrogen) atoms. The molecule has 0 saturated heterocycles. The lowest BCUT2D eigenvalue weighted by atomic mass is 10.0. The number of hydrogen-bond acceptors (Lipinski definition) is 9. The van der Waals surface area contributed by atoms with Gasteiger partial charge in [0.25, 0.3) is 0 Å². The van der Waals surface area contributed by atoms with Crippen molar-refractivity contribution in [2.45, 2.75) is 24.4 Å². The summed E-state index contributed by atoms with van der Waals surface area (Å²) >= 11 is 0. The van der Waals surface area contributed by atoms with Crippen molar-refractivity contribution >= 4 is 12.2 Å². The van der Waals surface area contributed by atoms with E-state index in [1.165, 1.54) is 12.4 Å². The van der Waals surface area contributed by atoms with E-state index in [0.29, 0.717) is 0 Å². The summed E-state index contributed by atoms with van der Waals surface area (Å²) in [7, 11) is 0. The zero-order chi connectivity index (χ0) is 14.3. The lowest BCUT2D eigenvalue weighted by molar-refractivity contribution is -0.0999. The van der Waals surface area contributed by atoms with Gasteiger partial charge in [0.15, 0.2) is 0 Å². The predicted molar refractivity (Wildman–Crippen MR) is 65.3 cm³/mol. The molecule has 0 aliphatic rings. The van der Waals surface area contributed by atoms with Gasteiger partial charge in [-0.1, -0.05) is 0 Å². The van der Waals surface area contributed by atoms with Crippen LogP contribution >= 0.6 is 0 Å². The molecule has 0 bridgehead atoms. The van der Waals surface area contributed by atoms with Crippen LogP contribution < -0.4 is 5.43 Å². The van der Waals surface area contributed by atoms with E-state index in [-0.39, 0.29) is 5.95 Å². The van der Waals surface area contributed by atoms with Gasteiger partial charge < -0.3 is 25.5 Å². The molecular weight excluding hydrogens is 256 g/mol. The van der Waals surface area contributed by atoms with E-state index in [9.17, 15) is 15.3 Å². The Morgan fingerprint density at radius 2 is 1.79 bits per heavy atom. The molecule has 1 rings (SSSR count). The number of hydrazone groups is 1. The SMILES string of the molecule is OC[C@@H](O)[C@@H](O)[C@H](O)[C@@H](O)/C=N/Nc1ncccn1. The Labute approximate surface area is 108 Å². The van der Waals surface area contributed by atoms with Gasteiger partial charge in [-0.25, -0.2) is 15.4 Å². The van der Waals surface area contributed by atoms with Crippen LogP contribution in [0, 0.1) is 0 Å². The van der Waals surface area contributed by atoms with Crippen molar-refractivity contribution in [3.05, 3.63) is 18.5 Å². The number of aliphatic hydroxyl groups excluding tert-OH is 5. The second kappa shape index (κ2) is 7.71. The second-order valence-corrected chi connectivity index (χ2v) is 3.68. The lowest BCUT2D eigenvalue weighted by Crippen LogP contribution is -2.46. The summed E-state index contributed by atoms with van der Waals surface area (Å²) in [6, 6.07) is 1.61. The van der Waals surface area contributed by atoms with E-state index in [0.717, 1.165) is 6.21 Å². The number of nitrogens with one attached hydrogen (secondary N) is 1. The molecule has 9 nitrogen and oxygen atoms in total. The number of nitrogens with zero attached hydrogens (tertiary/aromatic N) is 3. The van der Waals surface area contributed by atoms with Crippen LogP contribution in [-0.2, 0) is 0 Å². The highest BCUT2D eigenvalue weighted by atomic mass is 16.4. The van der Waals surface area contributed by atoms with Gasteiger partial charge in [-0.05, 0) is 6.07 Å². The van der Waals surface area contributed by atoms with E-state index in [4.69, 9.17) is 10.2 Å². The molecule has 0 aliphatic heterocycles. The Balaban J connectivity index is 2.47. The largest absolute Gasteiger partial charge is 0.394 e. The molecule has 1 aromatic rings. The summed E-state index contributed by atoms with van der Waals surface area (Å²) in [6.45, 7) is -0.738. The average Bonchev–Trinajstić information content (AvgIpc) is 2.45. The minimum absolute atomic E-state index is 0.191. The van der Waals surface area contributed by atoms with Crippen LogP contribution in [0.3, 0.4) is 0 Å². The third-order valence-electron chi connectivity index (χ3n) is 2.24. The summed E-state index contributed by atoms with van der Waals surface area (Å²) in [4.78, 5) is 7.59. The predicted octanol–water partition coefficient (Wildman–Crippen LogP) is -2.69. The molecule has 106 valence electrons. The van der Waals surface area contributed by atoms with Crippen LogP contribution in [0.4, 0.5) is 5.95 Å². The lowest BCUT2D eigenvalue weighted by Gasteiger charge is -2.23. The Bertz CT molecular complexity index is 391. The van der Waals surface area contributed by atoms with Crippen LogP contribution in [0.15, 0.2) is 23.6 Å². The van der Waals surface area contributed by atoms with Crippen LogP contribution in [-0.4, -0.2) is 72.7 Å². The van der Waals surface area contributed by atoms with E-state index in [1.807, 2.05) is 0 Å². The number of rotatable bonds is 7.